The average Bonchev–Trinajstić information content (AvgIpc) is 2.64. The minimum absolute atomic E-state index is 0. The van der Waals surface area contributed by atoms with Gasteiger partial charge in [-0.15, -0.1) is 24.0 Å². The van der Waals surface area contributed by atoms with E-state index in [4.69, 9.17) is 4.74 Å². The Morgan fingerprint density at radius 1 is 1.11 bits per heavy atom. The van der Waals surface area contributed by atoms with Crippen LogP contribution in [0.5, 0.6) is 0 Å². The van der Waals surface area contributed by atoms with E-state index in [1.165, 1.54) is 11.1 Å². The van der Waals surface area contributed by atoms with E-state index in [2.05, 4.69) is 86.5 Å². The van der Waals surface area contributed by atoms with Crippen molar-refractivity contribution in [3.8, 4) is 0 Å². The maximum Gasteiger partial charge on any atom is 0.191 e. The molecule has 0 saturated carbocycles. The third-order valence-corrected chi connectivity index (χ3v) is 4.94. The summed E-state index contributed by atoms with van der Waals surface area (Å²) in [5, 5.41) is 6.85. The molecule has 1 aromatic carbocycles. The Morgan fingerprint density at radius 3 is 2.29 bits per heavy atom. The Balaban J connectivity index is 0.00000729. The molecule has 1 rings (SSSR count). The third-order valence-electron chi connectivity index (χ3n) is 4.94. The number of aliphatic imine (C=N–C) groups is 1. The molecular formula is C22H41IN4O. The summed E-state index contributed by atoms with van der Waals surface area (Å²) in [5.74, 6) is 1.35. The minimum atomic E-state index is 0. The number of guanidine groups is 1. The fraction of sp³-hybridized carbons (Fsp3) is 0.682. The first-order valence-electron chi connectivity index (χ1n) is 10.2. The van der Waals surface area contributed by atoms with Gasteiger partial charge in [-0.2, -0.15) is 0 Å². The molecule has 1 atom stereocenters. The Kier molecular flexibility index (Phi) is 14.6. The maximum atomic E-state index is 5.82. The van der Waals surface area contributed by atoms with E-state index in [0.717, 1.165) is 38.6 Å². The second-order valence-electron chi connectivity index (χ2n) is 7.66. The van der Waals surface area contributed by atoms with Gasteiger partial charge in [-0.3, -0.25) is 9.89 Å². The first-order chi connectivity index (χ1) is 12.9. The van der Waals surface area contributed by atoms with Crippen LogP contribution >= 0.6 is 24.0 Å². The molecule has 0 aliphatic heterocycles. The summed E-state index contributed by atoms with van der Waals surface area (Å²) in [5.41, 5.74) is 2.66. The lowest BCUT2D eigenvalue weighted by Crippen LogP contribution is -2.39. The van der Waals surface area contributed by atoms with E-state index in [-0.39, 0.29) is 30.1 Å². The lowest BCUT2D eigenvalue weighted by molar-refractivity contribution is 0.0258. The number of benzene rings is 1. The lowest BCUT2D eigenvalue weighted by atomic mass is 10.0. The Hall–Kier alpha value is -0.860. The van der Waals surface area contributed by atoms with Crippen LogP contribution in [0.4, 0.5) is 0 Å². The van der Waals surface area contributed by atoms with Crippen molar-refractivity contribution in [1.29, 1.82) is 0 Å². The van der Waals surface area contributed by atoms with Gasteiger partial charge in [0.25, 0.3) is 0 Å². The molecule has 1 aromatic rings. The topological polar surface area (TPSA) is 48.9 Å². The molecule has 0 aliphatic carbocycles. The van der Waals surface area contributed by atoms with Crippen molar-refractivity contribution < 1.29 is 4.74 Å². The summed E-state index contributed by atoms with van der Waals surface area (Å²) >= 11 is 0. The zero-order chi connectivity index (χ0) is 20.2. The number of rotatable bonds is 11. The Labute approximate surface area is 189 Å². The first-order valence-corrected chi connectivity index (χ1v) is 10.2. The number of ether oxygens (including phenoxy) is 1. The van der Waals surface area contributed by atoms with E-state index in [1.807, 2.05) is 7.05 Å². The van der Waals surface area contributed by atoms with Gasteiger partial charge in [0, 0.05) is 39.3 Å². The molecule has 0 bridgehead atoms. The van der Waals surface area contributed by atoms with Crippen molar-refractivity contribution in [1.82, 2.24) is 15.5 Å². The second kappa shape index (κ2) is 15.0. The number of hydrogen-bond donors (Lipinski definition) is 2. The van der Waals surface area contributed by atoms with Gasteiger partial charge in [0.1, 0.15) is 0 Å². The van der Waals surface area contributed by atoms with Crippen LogP contribution in [0.3, 0.4) is 0 Å². The van der Waals surface area contributed by atoms with E-state index in [9.17, 15) is 0 Å². The molecule has 0 saturated heterocycles. The minimum Gasteiger partial charge on any atom is -0.378 e. The van der Waals surface area contributed by atoms with Gasteiger partial charge in [-0.25, -0.2) is 0 Å². The Morgan fingerprint density at radius 2 is 1.75 bits per heavy atom. The summed E-state index contributed by atoms with van der Waals surface area (Å²) in [6.07, 6.45) is 1.26. The first kappa shape index (κ1) is 27.1. The highest BCUT2D eigenvalue weighted by molar-refractivity contribution is 14.0. The zero-order valence-corrected chi connectivity index (χ0v) is 21.1. The predicted molar refractivity (Wildman–Crippen MR) is 132 cm³/mol. The van der Waals surface area contributed by atoms with Crippen LogP contribution in [0.2, 0.25) is 0 Å². The number of nitrogens with one attached hydrogen (secondary N) is 2. The molecule has 0 amide bonds. The largest absolute Gasteiger partial charge is 0.378 e. The van der Waals surface area contributed by atoms with Crippen LogP contribution in [0.25, 0.3) is 0 Å². The highest BCUT2D eigenvalue weighted by atomic mass is 127. The number of halogens is 1. The molecule has 2 N–H and O–H groups in total. The van der Waals surface area contributed by atoms with Crippen LogP contribution < -0.4 is 10.6 Å². The van der Waals surface area contributed by atoms with Gasteiger partial charge in [0.2, 0.25) is 0 Å². The van der Waals surface area contributed by atoms with Crippen LogP contribution in [-0.2, 0) is 17.8 Å². The quantitative estimate of drug-likeness (QED) is 0.269. The van der Waals surface area contributed by atoms with Crippen molar-refractivity contribution in [2.75, 3.05) is 27.2 Å². The van der Waals surface area contributed by atoms with Crippen molar-refractivity contribution >= 4 is 29.9 Å². The molecule has 6 heteroatoms. The summed E-state index contributed by atoms with van der Waals surface area (Å²) in [6.45, 7) is 14.2. The Bertz CT molecular complexity index is 563. The van der Waals surface area contributed by atoms with Crippen LogP contribution in [0.1, 0.15) is 52.2 Å². The highest BCUT2D eigenvalue weighted by Crippen LogP contribution is 2.13. The van der Waals surface area contributed by atoms with Gasteiger partial charge in [-0.1, -0.05) is 38.1 Å². The molecule has 5 nitrogen and oxygen atoms in total. The van der Waals surface area contributed by atoms with E-state index < -0.39 is 0 Å². The summed E-state index contributed by atoms with van der Waals surface area (Å²) in [7, 11) is 3.98. The number of hydrogen-bond acceptors (Lipinski definition) is 3. The normalized spacial score (nSPS) is 13.0. The second-order valence-corrected chi connectivity index (χ2v) is 7.66. The molecule has 162 valence electrons. The SMILES string of the molecule is CCOC(CCNC(=NC)NCc1ccccc1CN(C)C(C)C)C(C)C.I. The summed E-state index contributed by atoms with van der Waals surface area (Å²) in [6, 6.07) is 9.13. The van der Waals surface area contributed by atoms with Crippen LogP contribution in [-0.4, -0.2) is 50.3 Å². The molecule has 1 unspecified atom stereocenters. The van der Waals surface area contributed by atoms with Crippen molar-refractivity contribution in [3.05, 3.63) is 35.4 Å². The van der Waals surface area contributed by atoms with Gasteiger partial charge in [-0.05, 0) is 51.3 Å². The maximum absolute atomic E-state index is 5.82. The zero-order valence-electron chi connectivity index (χ0n) is 18.8. The lowest BCUT2D eigenvalue weighted by Gasteiger charge is -2.23. The fourth-order valence-electron chi connectivity index (χ4n) is 2.89. The molecule has 0 aromatic heterocycles. The predicted octanol–water partition coefficient (Wildman–Crippen LogP) is 4.26. The van der Waals surface area contributed by atoms with Gasteiger partial charge in [0.05, 0.1) is 6.10 Å². The van der Waals surface area contributed by atoms with Gasteiger partial charge < -0.3 is 15.4 Å². The van der Waals surface area contributed by atoms with E-state index >= 15 is 0 Å². The smallest absolute Gasteiger partial charge is 0.191 e. The average molecular weight is 505 g/mol. The standard InChI is InChI=1S/C22H40N4O.HI/c1-8-27-21(17(2)3)13-14-24-22(23-6)25-15-19-11-9-10-12-20(19)16-26(7)18(4)5;/h9-12,17-18,21H,8,13-16H2,1-7H3,(H2,23,24,25);1H. The molecule has 0 heterocycles. The summed E-state index contributed by atoms with van der Waals surface area (Å²) < 4.78 is 5.82. The van der Waals surface area contributed by atoms with Gasteiger partial charge >= 0.3 is 0 Å². The van der Waals surface area contributed by atoms with E-state index in [1.54, 1.807) is 0 Å². The van der Waals surface area contributed by atoms with Crippen molar-refractivity contribution in [2.45, 2.75) is 66.3 Å². The molecule has 0 fully saturated rings. The summed E-state index contributed by atoms with van der Waals surface area (Å²) in [4.78, 5) is 6.71. The highest BCUT2D eigenvalue weighted by Gasteiger charge is 2.13. The van der Waals surface area contributed by atoms with Crippen LogP contribution in [0, 0.1) is 5.92 Å². The molecular weight excluding hydrogens is 463 g/mol. The number of nitrogens with zero attached hydrogens (tertiary/aromatic N) is 2. The van der Waals surface area contributed by atoms with Crippen LogP contribution in [0.15, 0.2) is 29.3 Å². The van der Waals surface area contributed by atoms with Crippen molar-refractivity contribution in [2.24, 2.45) is 10.9 Å². The van der Waals surface area contributed by atoms with E-state index in [0.29, 0.717) is 12.0 Å². The van der Waals surface area contributed by atoms with Crippen molar-refractivity contribution in [3.63, 3.8) is 0 Å². The molecule has 28 heavy (non-hydrogen) atoms. The van der Waals surface area contributed by atoms with Gasteiger partial charge in [0.15, 0.2) is 5.96 Å². The monoisotopic (exact) mass is 504 g/mol. The third kappa shape index (κ3) is 10.1. The molecule has 0 aliphatic rings. The molecule has 0 radical (unpaired) electrons. The molecule has 0 spiro atoms. The fourth-order valence-corrected chi connectivity index (χ4v) is 2.89.